The van der Waals surface area contributed by atoms with Gasteiger partial charge >= 0.3 is 0 Å². The first kappa shape index (κ1) is 30.0. The molecule has 2 radical (unpaired) electrons. The second-order valence-corrected chi connectivity index (χ2v) is 8.83. The maximum atomic E-state index is 3.38. The standard InChI is InChI=1S/C6H12.2C6H11.C3H6.2Y/c3*1-6(2)4-3-5-6;1-3-2;;/h3-5H2,1-2H3;2*4H,3,5H2,1-2H3;1-3H2;;/q;2*-1;-2;;. The van der Waals surface area contributed by atoms with Crippen molar-refractivity contribution >= 4 is 0 Å². The Bertz CT molecular complexity index is 206. The summed E-state index contributed by atoms with van der Waals surface area (Å²) in [5.41, 5.74) is 1.92. The van der Waals surface area contributed by atoms with Gasteiger partial charge < -0.3 is 33.1 Å². The van der Waals surface area contributed by atoms with E-state index >= 15 is 0 Å². The van der Waals surface area contributed by atoms with E-state index in [0.717, 1.165) is 11.8 Å². The molecule has 134 valence electrons. The molecule has 0 saturated heterocycles. The minimum absolute atomic E-state index is 0. The molecule has 0 amide bonds. The van der Waals surface area contributed by atoms with Crippen molar-refractivity contribution in [2.45, 2.75) is 92.9 Å². The Kier molecular flexibility index (Phi) is 18.6. The molecule has 0 aromatic carbocycles. The first-order valence-electron chi connectivity index (χ1n) is 8.81. The third-order valence-electron chi connectivity index (χ3n) is 4.68. The first-order valence-corrected chi connectivity index (χ1v) is 8.81. The zero-order valence-corrected chi connectivity index (χ0v) is 22.6. The summed E-state index contributed by atoms with van der Waals surface area (Å²) >= 11 is 0. The van der Waals surface area contributed by atoms with Crippen LogP contribution in [0.4, 0.5) is 0 Å². The average Bonchev–Trinajstić information content (AvgIpc) is 2.26. The van der Waals surface area contributed by atoms with Crippen LogP contribution in [-0.4, -0.2) is 0 Å². The predicted molar refractivity (Wildman–Crippen MR) is 97.6 cm³/mol. The zero-order chi connectivity index (χ0) is 16.6. The molecular weight excluding hydrogens is 430 g/mol. The van der Waals surface area contributed by atoms with Crippen molar-refractivity contribution in [1.82, 2.24) is 0 Å². The molecule has 0 heterocycles. The van der Waals surface area contributed by atoms with Crippen LogP contribution in [0.25, 0.3) is 0 Å². The summed E-state index contributed by atoms with van der Waals surface area (Å²) in [4.78, 5) is 0. The van der Waals surface area contributed by atoms with Crippen LogP contribution in [0.15, 0.2) is 0 Å². The largest absolute Gasteiger partial charge is 0.372 e. The van der Waals surface area contributed by atoms with Crippen molar-refractivity contribution in [2.24, 2.45) is 16.2 Å². The minimum Gasteiger partial charge on any atom is -0.372 e. The van der Waals surface area contributed by atoms with Crippen molar-refractivity contribution in [3.8, 4) is 0 Å². The Morgan fingerprint density at radius 2 is 0.870 bits per heavy atom. The summed E-state index contributed by atoms with van der Waals surface area (Å²) < 4.78 is 0. The number of hydrogen-bond acceptors (Lipinski definition) is 0. The summed E-state index contributed by atoms with van der Waals surface area (Å²) in [5.74, 6) is 0. The second-order valence-electron chi connectivity index (χ2n) is 8.83. The molecule has 3 aliphatic carbocycles. The Hall–Kier alpha value is 2.21. The van der Waals surface area contributed by atoms with Crippen molar-refractivity contribution in [1.29, 1.82) is 0 Å². The van der Waals surface area contributed by atoms with Crippen LogP contribution in [0.3, 0.4) is 0 Å². The van der Waals surface area contributed by atoms with E-state index in [0.29, 0.717) is 10.8 Å². The normalized spacial score (nSPS) is 23.5. The van der Waals surface area contributed by atoms with Crippen LogP contribution in [0.5, 0.6) is 0 Å². The average molecular weight is 470 g/mol. The van der Waals surface area contributed by atoms with Crippen LogP contribution in [0.2, 0.25) is 0 Å². The number of rotatable bonds is 0. The van der Waals surface area contributed by atoms with Gasteiger partial charge in [0.1, 0.15) is 0 Å². The van der Waals surface area contributed by atoms with E-state index in [4.69, 9.17) is 0 Å². The molecule has 0 aromatic rings. The van der Waals surface area contributed by atoms with Gasteiger partial charge in [-0.1, -0.05) is 48.0 Å². The van der Waals surface area contributed by atoms with E-state index in [9.17, 15) is 0 Å². The molecule has 3 rings (SSSR count). The van der Waals surface area contributed by atoms with Gasteiger partial charge in [-0.3, -0.25) is 0 Å². The van der Waals surface area contributed by atoms with E-state index in [1.165, 1.54) is 44.9 Å². The summed E-state index contributed by atoms with van der Waals surface area (Å²) in [5, 5.41) is 0. The van der Waals surface area contributed by atoms with Gasteiger partial charge in [0, 0.05) is 65.4 Å². The van der Waals surface area contributed by atoms with Gasteiger partial charge in [0.15, 0.2) is 0 Å². The molecule has 2 heteroatoms. The summed E-state index contributed by atoms with van der Waals surface area (Å²) in [6.45, 7) is 20.5. The van der Waals surface area contributed by atoms with Crippen LogP contribution >= 0.6 is 0 Å². The SMILES string of the molecule is CC1(C)CCC1.CC1(C)[CH-]CC1.CC1(C)[CH-]CC1.[CH2-]C[CH2-].[Y].[Y]. The fourth-order valence-corrected chi connectivity index (χ4v) is 2.33. The molecule has 0 bridgehead atoms. The van der Waals surface area contributed by atoms with Crippen LogP contribution in [0, 0.1) is 42.9 Å². The summed E-state index contributed by atoms with van der Waals surface area (Å²) in [6, 6.07) is 0. The van der Waals surface area contributed by atoms with Gasteiger partial charge in [-0.05, 0) is 18.3 Å². The Balaban J connectivity index is -0.000000232. The molecule has 3 aliphatic rings. The maximum Gasteiger partial charge on any atom is 0 e. The van der Waals surface area contributed by atoms with Gasteiger partial charge in [0.25, 0.3) is 0 Å². The van der Waals surface area contributed by atoms with Crippen molar-refractivity contribution in [2.75, 3.05) is 0 Å². The van der Waals surface area contributed by atoms with Crippen molar-refractivity contribution < 1.29 is 65.4 Å². The molecule has 0 aliphatic heterocycles. The Labute approximate surface area is 199 Å². The van der Waals surface area contributed by atoms with Gasteiger partial charge in [-0.15, -0.1) is 12.8 Å². The molecule has 0 nitrogen and oxygen atoms in total. The molecule has 3 fully saturated rings. The third kappa shape index (κ3) is 17.4. The number of hydrogen-bond donors (Lipinski definition) is 0. The van der Waals surface area contributed by atoms with Crippen molar-refractivity contribution in [3.05, 3.63) is 26.7 Å². The topological polar surface area (TPSA) is 0 Å². The van der Waals surface area contributed by atoms with E-state index < -0.39 is 0 Å². The quantitative estimate of drug-likeness (QED) is 0.327. The molecule has 0 spiro atoms. The van der Waals surface area contributed by atoms with Gasteiger partial charge in [-0.25, -0.2) is 0 Å². The smallest absolute Gasteiger partial charge is 0 e. The van der Waals surface area contributed by atoms with Crippen LogP contribution in [0.1, 0.15) is 92.9 Å². The van der Waals surface area contributed by atoms with E-state index in [1.807, 2.05) is 0 Å². The fourth-order valence-electron chi connectivity index (χ4n) is 2.33. The third-order valence-corrected chi connectivity index (χ3v) is 4.68. The minimum atomic E-state index is 0. The molecule has 23 heavy (non-hydrogen) atoms. The molecule has 3 saturated carbocycles. The van der Waals surface area contributed by atoms with Crippen LogP contribution in [-0.2, 0) is 65.4 Å². The zero-order valence-electron chi connectivity index (χ0n) is 16.9. The Morgan fingerprint density at radius 1 is 0.696 bits per heavy atom. The molecule has 0 aromatic heterocycles. The molecule has 0 atom stereocenters. The molecule has 0 N–H and O–H groups in total. The summed E-state index contributed by atoms with van der Waals surface area (Å²) in [7, 11) is 0. The predicted octanol–water partition coefficient (Wildman–Crippen LogP) is 7.26. The van der Waals surface area contributed by atoms with E-state index in [1.54, 1.807) is 0 Å². The van der Waals surface area contributed by atoms with Crippen molar-refractivity contribution in [3.63, 3.8) is 0 Å². The molecular formula is C21H40Y2-4. The summed E-state index contributed by atoms with van der Waals surface area (Å²) in [6.07, 6.45) is 15.3. The van der Waals surface area contributed by atoms with E-state index in [-0.39, 0.29) is 65.4 Å². The maximum absolute atomic E-state index is 3.38. The Morgan fingerprint density at radius 3 is 0.870 bits per heavy atom. The fraction of sp³-hybridized carbons (Fsp3) is 0.810. The van der Waals surface area contributed by atoms with Gasteiger partial charge in [0.05, 0.1) is 0 Å². The van der Waals surface area contributed by atoms with E-state index in [2.05, 4.69) is 68.2 Å². The molecule has 0 unspecified atom stereocenters. The monoisotopic (exact) mass is 470 g/mol. The van der Waals surface area contributed by atoms with Gasteiger partial charge in [0.2, 0.25) is 0 Å². The second kappa shape index (κ2) is 14.3. The van der Waals surface area contributed by atoms with Crippen LogP contribution < -0.4 is 0 Å². The van der Waals surface area contributed by atoms with Gasteiger partial charge in [-0.2, -0.15) is 23.7 Å². The first-order chi connectivity index (χ1) is 9.54.